The van der Waals surface area contributed by atoms with Crippen molar-refractivity contribution < 1.29 is 4.74 Å². The third kappa shape index (κ3) is 2.51. The number of nitrogens with zero attached hydrogens (tertiary/aromatic N) is 4. The van der Waals surface area contributed by atoms with Crippen molar-refractivity contribution in [2.75, 3.05) is 18.9 Å². The van der Waals surface area contributed by atoms with Gasteiger partial charge in [0.05, 0.1) is 12.3 Å². The lowest BCUT2D eigenvalue weighted by Gasteiger charge is -2.24. The number of anilines is 1. The topological polar surface area (TPSA) is 90.4 Å². The maximum atomic E-state index is 6.49. The maximum Gasteiger partial charge on any atom is 0.337 e. The van der Waals surface area contributed by atoms with Crippen LogP contribution in [-0.4, -0.2) is 38.8 Å². The van der Waals surface area contributed by atoms with Crippen LogP contribution in [0.25, 0.3) is 5.78 Å². The molecule has 0 spiro atoms. The zero-order chi connectivity index (χ0) is 16.8. The second-order valence-electron chi connectivity index (χ2n) is 7.36. The minimum Gasteiger partial charge on any atom is -0.463 e. The fourth-order valence-corrected chi connectivity index (χ4v) is 4.29. The Balaban J connectivity index is 1.74. The monoisotopic (exact) mass is 330 g/mol. The van der Waals surface area contributed by atoms with Crippen molar-refractivity contribution >= 4 is 11.6 Å². The summed E-state index contributed by atoms with van der Waals surface area (Å²) in [5, 5.41) is 7.95. The van der Waals surface area contributed by atoms with E-state index in [1.165, 1.54) is 12.8 Å². The SMILES string of the molecule is CCOc1nc2nc(C(C)C)c(C[C@@H]3C[C@H]4C[C@H]3CN4)c(N)n2n1. The van der Waals surface area contributed by atoms with Crippen LogP contribution in [0.2, 0.25) is 0 Å². The number of nitrogens with one attached hydrogen (secondary N) is 1. The number of nitrogens with two attached hydrogens (primary N) is 1. The number of hydrogen-bond acceptors (Lipinski definition) is 6. The van der Waals surface area contributed by atoms with Gasteiger partial charge in [-0.2, -0.15) is 9.50 Å². The van der Waals surface area contributed by atoms with Gasteiger partial charge < -0.3 is 15.8 Å². The molecule has 2 aromatic rings. The normalized spacial score (nSPS) is 25.9. The first-order chi connectivity index (χ1) is 11.6. The third-order valence-corrected chi connectivity index (χ3v) is 5.43. The number of ether oxygens (including phenoxy) is 1. The zero-order valence-electron chi connectivity index (χ0n) is 14.6. The van der Waals surface area contributed by atoms with Gasteiger partial charge in [-0.3, -0.25) is 0 Å². The Labute approximate surface area is 142 Å². The molecule has 1 aliphatic carbocycles. The van der Waals surface area contributed by atoms with E-state index in [9.17, 15) is 0 Å². The maximum absolute atomic E-state index is 6.49. The molecule has 2 aromatic heterocycles. The average Bonchev–Trinajstić information content (AvgIpc) is 3.24. The van der Waals surface area contributed by atoms with Crippen LogP contribution < -0.4 is 15.8 Å². The number of aromatic nitrogens is 4. The molecule has 0 aromatic carbocycles. The molecule has 0 radical (unpaired) electrons. The van der Waals surface area contributed by atoms with Gasteiger partial charge in [-0.25, -0.2) is 4.98 Å². The van der Waals surface area contributed by atoms with Crippen molar-refractivity contribution in [3.8, 4) is 6.01 Å². The highest BCUT2D eigenvalue weighted by molar-refractivity contribution is 5.51. The molecule has 7 heteroatoms. The Bertz CT molecular complexity index is 755. The average molecular weight is 330 g/mol. The first-order valence-electron chi connectivity index (χ1n) is 8.98. The van der Waals surface area contributed by atoms with Crippen LogP contribution in [0, 0.1) is 11.8 Å². The molecule has 3 heterocycles. The van der Waals surface area contributed by atoms with Crippen LogP contribution >= 0.6 is 0 Å². The lowest BCUT2D eigenvalue weighted by atomic mass is 9.87. The Morgan fingerprint density at radius 1 is 1.33 bits per heavy atom. The van der Waals surface area contributed by atoms with E-state index in [1.807, 2.05) is 6.92 Å². The van der Waals surface area contributed by atoms with Gasteiger partial charge in [-0.1, -0.05) is 13.8 Å². The molecule has 130 valence electrons. The summed E-state index contributed by atoms with van der Waals surface area (Å²) in [7, 11) is 0. The molecular formula is C17H26N6O. The predicted molar refractivity (Wildman–Crippen MR) is 92.2 cm³/mol. The van der Waals surface area contributed by atoms with E-state index in [0.29, 0.717) is 42.1 Å². The predicted octanol–water partition coefficient (Wildman–Crippen LogP) is 1.77. The lowest BCUT2D eigenvalue weighted by molar-refractivity contribution is 0.313. The van der Waals surface area contributed by atoms with Gasteiger partial charge in [0, 0.05) is 11.6 Å². The largest absolute Gasteiger partial charge is 0.463 e. The summed E-state index contributed by atoms with van der Waals surface area (Å²) in [5.41, 5.74) is 8.68. The van der Waals surface area contributed by atoms with Crippen molar-refractivity contribution in [1.82, 2.24) is 24.9 Å². The molecule has 1 saturated heterocycles. The third-order valence-electron chi connectivity index (χ3n) is 5.43. The highest BCUT2D eigenvalue weighted by atomic mass is 16.5. The summed E-state index contributed by atoms with van der Waals surface area (Å²) < 4.78 is 7.05. The van der Waals surface area contributed by atoms with Crippen LogP contribution in [0.1, 0.15) is 50.8 Å². The van der Waals surface area contributed by atoms with Gasteiger partial charge in [0.25, 0.3) is 5.78 Å². The van der Waals surface area contributed by atoms with E-state index in [2.05, 4.69) is 29.2 Å². The molecule has 1 aliphatic heterocycles. The van der Waals surface area contributed by atoms with E-state index in [-0.39, 0.29) is 0 Å². The summed E-state index contributed by atoms with van der Waals surface area (Å²) in [6.45, 7) is 7.89. The summed E-state index contributed by atoms with van der Waals surface area (Å²) >= 11 is 0. The van der Waals surface area contributed by atoms with Crippen molar-refractivity contribution in [1.29, 1.82) is 0 Å². The van der Waals surface area contributed by atoms with Crippen LogP contribution in [0.3, 0.4) is 0 Å². The van der Waals surface area contributed by atoms with Gasteiger partial charge >= 0.3 is 6.01 Å². The fourth-order valence-electron chi connectivity index (χ4n) is 4.29. The van der Waals surface area contributed by atoms with Gasteiger partial charge in [-0.05, 0) is 50.5 Å². The van der Waals surface area contributed by atoms with Crippen molar-refractivity contribution in [2.24, 2.45) is 11.8 Å². The molecule has 2 aliphatic rings. The highest BCUT2D eigenvalue weighted by Crippen LogP contribution is 2.40. The molecule has 7 nitrogen and oxygen atoms in total. The lowest BCUT2D eigenvalue weighted by Crippen LogP contribution is -2.31. The second-order valence-corrected chi connectivity index (χ2v) is 7.36. The number of rotatable bonds is 5. The van der Waals surface area contributed by atoms with Gasteiger partial charge in [0.1, 0.15) is 5.82 Å². The number of fused-ring (bicyclic) bond motifs is 3. The van der Waals surface area contributed by atoms with Crippen LogP contribution in [0.4, 0.5) is 5.82 Å². The number of hydrogen-bond donors (Lipinski definition) is 2. The van der Waals surface area contributed by atoms with Crippen LogP contribution in [-0.2, 0) is 6.42 Å². The molecule has 2 bridgehead atoms. The molecule has 0 amide bonds. The van der Waals surface area contributed by atoms with E-state index < -0.39 is 0 Å². The summed E-state index contributed by atoms with van der Waals surface area (Å²) in [6.07, 6.45) is 3.52. The molecular weight excluding hydrogens is 304 g/mol. The standard InChI is InChI=1S/C17H26N6O/c1-4-24-17-21-16-20-14(9(2)3)13(15(18)23(16)22-17)7-10-5-12-6-11(10)8-19-12/h9-12,19H,4-8,18H2,1-3H3/t10-,11-,12-/m0/s1. The minimum absolute atomic E-state index is 0.302. The smallest absolute Gasteiger partial charge is 0.337 e. The van der Waals surface area contributed by atoms with Gasteiger partial charge in [0.15, 0.2) is 0 Å². The highest BCUT2D eigenvalue weighted by Gasteiger charge is 2.40. The van der Waals surface area contributed by atoms with Crippen molar-refractivity contribution in [3.63, 3.8) is 0 Å². The summed E-state index contributed by atoms with van der Waals surface area (Å²) in [4.78, 5) is 9.10. The Morgan fingerprint density at radius 2 is 2.17 bits per heavy atom. The Kier molecular flexibility index (Phi) is 3.83. The number of nitrogen functional groups attached to an aromatic ring is 1. The van der Waals surface area contributed by atoms with E-state index in [4.69, 9.17) is 15.5 Å². The Morgan fingerprint density at radius 3 is 2.79 bits per heavy atom. The molecule has 2 fully saturated rings. The summed E-state index contributed by atoms with van der Waals surface area (Å²) in [6, 6.07) is 1.03. The molecule has 1 saturated carbocycles. The first kappa shape index (κ1) is 15.6. The van der Waals surface area contributed by atoms with E-state index in [1.54, 1.807) is 4.52 Å². The fraction of sp³-hybridized carbons (Fsp3) is 0.706. The zero-order valence-corrected chi connectivity index (χ0v) is 14.6. The van der Waals surface area contributed by atoms with Crippen LogP contribution in [0.15, 0.2) is 0 Å². The molecule has 3 atom stereocenters. The second kappa shape index (κ2) is 5.88. The van der Waals surface area contributed by atoms with Crippen molar-refractivity contribution in [3.05, 3.63) is 11.3 Å². The quantitative estimate of drug-likeness (QED) is 0.868. The number of piperidine rings is 1. The van der Waals surface area contributed by atoms with Crippen LogP contribution in [0.5, 0.6) is 6.01 Å². The molecule has 0 unspecified atom stereocenters. The van der Waals surface area contributed by atoms with E-state index >= 15 is 0 Å². The molecule has 24 heavy (non-hydrogen) atoms. The van der Waals surface area contributed by atoms with Crippen molar-refractivity contribution in [2.45, 2.75) is 52.0 Å². The Hall–Kier alpha value is -1.89. The van der Waals surface area contributed by atoms with E-state index in [0.717, 1.165) is 30.1 Å². The molecule has 3 N–H and O–H groups in total. The first-order valence-corrected chi connectivity index (χ1v) is 8.98. The molecule has 4 rings (SSSR count). The summed E-state index contributed by atoms with van der Waals surface area (Å²) in [5.74, 6) is 2.94. The van der Waals surface area contributed by atoms with Gasteiger partial charge in [0.2, 0.25) is 0 Å². The minimum atomic E-state index is 0.302. The van der Waals surface area contributed by atoms with Gasteiger partial charge in [-0.15, -0.1) is 5.10 Å².